The summed E-state index contributed by atoms with van der Waals surface area (Å²) in [5.74, 6) is 0.151. The van der Waals surface area contributed by atoms with E-state index >= 15 is 0 Å². The third-order valence-electron chi connectivity index (χ3n) is 4.35. The van der Waals surface area contributed by atoms with Gasteiger partial charge in [0.05, 0.1) is 18.4 Å². The summed E-state index contributed by atoms with van der Waals surface area (Å²) >= 11 is 6.13. The minimum absolute atomic E-state index is 0.223. The summed E-state index contributed by atoms with van der Waals surface area (Å²) in [5.41, 5.74) is 3.55. The van der Waals surface area contributed by atoms with Crippen molar-refractivity contribution in [2.45, 2.75) is 13.5 Å². The van der Waals surface area contributed by atoms with Gasteiger partial charge >= 0.3 is 5.97 Å². The number of carboxylic acid groups (broad SMARTS) is 1. The fourth-order valence-corrected chi connectivity index (χ4v) is 2.89. The molecule has 0 aliphatic heterocycles. The molecule has 0 heterocycles. The summed E-state index contributed by atoms with van der Waals surface area (Å²) in [4.78, 5) is 15.6. The predicted molar refractivity (Wildman–Crippen MR) is 114 cm³/mol. The van der Waals surface area contributed by atoms with Gasteiger partial charge in [0.2, 0.25) is 0 Å². The Labute approximate surface area is 174 Å². The molecule has 3 rings (SSSR count). The molecule has 0 bridgehead atoms. The Morgan fingerprint density at radius 3 is 2.66 bits per heavy atom. The van der Waals surface area contributed by atoms with Crippen LogP contribution in [0.2, 0.25) is 5.02 Å². The zero-order valence-electron chi connectivity index (χ0n) is 16.1. The molecule has 0 aliphatic rings. The molecule has 3 aromatic rings. The summed E-state index contributed by atoms with van der Waals surface area (Å²) in [6.45, 7) is 2.15. The van der Waals surface area contributed by atoms with Crippen molar-refractivity contribution < 1.29 is 19.4 Å². The van der Waals surface area contributed by atoms with E-state index in [1.165, 1.54) is 0 Å². The van der Waals surface area contributed by atoms with Crippen LogP contribution < -0.4 is 9.47 Å². The van der Waals surface area contributed by atoms with Gasteiger partial charge in [0.25, 0.3) is 0 Å². The molecule has 0 saturated heterocycles. The summed E-state index contributed by atoms with van der Waals surface area (Å²) in [5, 5.41) is 9.77. The maximum Gasteiger partial charge on any atom is 0.335 e. The smallest absolute Gasteiger partial charge is 0.335 e. The van der Waals surface area contributed by atoms with Crippen molar-refractivity contribution in [1.82, 2.24) is 0 Å². The van der Waals surface area contributed by atoms with Gasteiger partial charge in [-0.2, -0.15) is 0 Å². The monoisotopic (exact) mass is 409 g/mol. The van der Waals surface area contributed by atoms with Crippen LogP contribution in [0, 0.1) is 6.92 Å². The molecule has 0 aromatic heterocycles. The Hall–Kier alpha value is -3.31. The molecule has 1 N–H and O–H groups in total. The number of rotatable bonds is 7. The van der Waals surface area contributed by atoms with Crippen molar-refractivity contribution >= 4 is 29.5 Å². The van der Waals surface area contributed by atoms with Gasteiger partial charge < -0.3 is 14.6 Å². The lowest BCUT2D eigenvalue weighted by Crippen LogP contribution is -2.01. The van der Waals surface area contributed by atoms with Crippen LogP contribution in [0.4, 0.5) is 5.69 Å². The number of aliphatic imine (C=N–C) groups is 1. The van der Waals surface area contributed by atoms with Gasteiger partial charge in [0, 0.05) is 11.2 Å². The second-order valence-corrected chi connectivity index (χ2v) is 6.75. The molecule has 0 spiro atoms. The van der Waals surface area contributed by atoms with Gasteiger partial charge in [-0.3, -0.25) is 4.99 Å². The van der Waals surface area contributed by atoms with E-state index in [2.05, 4.69) is 4.99 Å². The Kier molecular flexibility index (Phi) is 6.52. The number of hydrogen-bond donors (Lipinski definition) is 1. The summed E-state index contributed by atoms with van der Waals surface area (Å²) < 4.78 is 11.3. The average molecular weight is 410 g/mol. The lowest BCUT2D eigenvalue weighted by Gasteiger charge is -2.11. The number of aromatic carboxylic acids is 1. The second-order valence-electron chi connectivity index (χ2n) is 6.35. The first-order chi connectivity index (χ1) is 14.0. The summed E-state index contributed by atoms with van der Waals surface area (Å²) in [7, 11) is 1.56. The second kappa shape index (κ2) is 9.26. The van der Waals surface area contributed by atoms with Crippen molar-refractivity contribution in [3.05, 3.63) is 87.9 Å². The third kappa shape index (κ3) is 5.15. The third-order valence-corrected chi connectivity index (χ3v) is 4.76. The van der Waals surface area contributed by atoms with Gasteiger partial charge in [0.1, 0.15) is 6.61 Å². The Bertz CT molecular complexity index is 1060. The Morgan fingerprint density at radius 1 is 1.10 bits per heavy atom. The van der Waals surface area contributed by atoms with Crippen molar-refractivity contribution in [3.63, 3.8) is 0 Å². The van der Waals surface area contributed by atoms with Gasteiger partial charge in [-0.05, 0) is 66.1 Å². The maximum absolute atomic E-state index is 11.1. The normalized spacial score (nSPS) is 10.9. The van der Waals surface area contributed by atoms with E-state index in [4.69, 9.17) is 26.2 Å². The van der Waals surface area contributed by atoms with Crippen molar-refractivity contribution in [2.24, 2.45) is 4.99 Å². The number of methoxy groups -OCH3 is 1. The van der Waals surface area contributed by atoms with Gasteiger partial charge in [-0.1, -0.05) is 29.8 Å². The zero-order chi connectivity index (χ0) is 20.8. The van der Waals surface area contributed by atoms with Crippen LogP contribution >= 0.6 is 11.6 Å². The SMILES string of the molecule is COc1cc(C=Nc2cccc(Cl)c2C)ccc1OCc1cccc(C(=O)O)c1. The Morgan fingerprint density at radius 2 is 1.90 bits per heavy atom. The number of nitrogens with zero attached hydrogens (tertiary/aromatic N) is 1. The predicted octanol–water partition coefficient (Wildman–Crippen LogP) is 5.68. The molecular weight excluding hydrogens is 390 g/mol. The van der Waals surface area contributed by atoms with Crippen molar-refractivity contribution in [1.29, 1.82) is 0 Å². The van der Waals surface area contributed by atoms with Gasteiger partial charge in [0.15, 0.2) is 11.5 Å². The van der Waals surface area contributed by atoms with E-state index in [-0.39, 0.29) is 12.2 Å². The van der Waals surface area contributed by atoms with E-state index in [0.717, 1.165) is 22.4 Å². The molecule has 148 valence electrons. The zero-order valence-corrected chi connectivity index (χ0v) is 16.8. The van der Waals surface area contributed by atoms with E-state index in [9.17, 15) is 4.79 Å². The highest BCUT2D eigenvalue weighted by molar-refractivity contribution is 6.31. The molecule has 0 unspecified atom stereocenters. The van der Waals surface area contributed by atoms with Crippen molar-refractivity contribution in [2.75, 3.05) is 7.11 Å². The number of halogens is 1. The molecular formula is C23H20ClNO4. The molecule has 0 saturated carbocycles. The van der Waals surface area contributed by atoms with E-state index < -0.39 is 5.97 Å². The topological polar surface area (TPSA) is 68.1 Å². The first-order valence-electron chi connectivity index (χ1n) is 8.90. The maximum atomic E-state index is 11.1. The van der Waals surface area contributed by atoms with Crippen molar-refractivity contribution in [3.8, 4) is 11.5 Å². The minimum Gasteiger partial charge on any atom is -0.493 e. The summed E-state index contributed by atoms with van der Waals surface area (Å²) in [6, 6.07) is 17.7. The fraction of sp³-hybridized carbons (Fsp3) is 0.130. The molecule has 0 aliphatic carbocycles. The first-order valence-corrected chi connectivity index (χ1v) is 9.28. The standard InChI is InChI=1S/C23H20ClNO4/c1-15-19(24)7-4-8-20(15)25-13-16-9-10-21(22(12-16)28-2)29-14-17-5-3-6-18(11-17)23(26)27/h3-13H,14H2,1-2H3,(H,26,27). The lowest BCUT2D eigenvalue weighted by atomic mass is 10.1. The van der Waals surface area contributed by atoms with E-state index in [1.54, 1.807) is 37.6 Å². The van der Waals surface area contributed by atoms with Crippen LogP contribution in [0.15, 0.2) is 65.7 Å². The number of benzene rings is 3. The molecule has 0 fully saturated rings. The largest absolute Gasteiger partial charge is 0.493 e. The quantitative estimate of drug-likeness (QED) is 0.509. The van der Waals surface area contributed by atoms with Gasteiger partial charge in [-0.25, -0.2) is 4.79 Å². The van der Waals surface area contributed by atoms with Crippen LogP contribution in [0.5, 0.6) is 11.5 Å². The number of hydrogen-bond acceptors (Lipinski definition) is 4. The highest BCUT2D eigenvalue weighted by Gasteiger charge is 2.08. The molecule has 0 radical (unpaired) electrons. The molecule has 0 amide bonds. The number of carboxylic acids is 1. The number of carbonyl (C=O) groups is 1. The summed E-state index contributed by atoms with van der Waals surface area (Å²) in [6.07, 6.45) is 1.74. The van der Waals surface area contributed by atoms with Crippen LogP contribution in [-0.4, -0.2) is 24.4 Å². The minimum atomic E-state index is -0.969. The lowest BCUT2D eigenvalue weighted by molar-refractivity contribution is 0.0696. The van der Waals surface area contributed by atoms with Crippen LogP contribution in [0.25, 0.3) is 0 Å². The average Bonchev–Trinajstić information content (AvgIpc) is 2.73. The number of ether oxygens (including phenoxy) is 2. The molecule has 5 nitrogen and oxygen atoms in total. The molecule has 0 atom stereocenters. The highest BCUT2D eigenvalue weighted by Crippen LogP contribution is 2.29. The van der Waals surface area contributed by atoms with E-state index in [0.29, 0.717) is 16.5 Å². The van der Waals surface area contributed by atoms with Crippen LogP contribution in [0.3, 0.4) is 0 Å². The Balaban J connectivity index is 1.75. The van der Waals surface area contributed by atoms with Gasteiger partial charge in [-0.15, -0.1) is 0 Å². The van der Waals surface area contributed by atoms with Crippen LogP contribution in [-0.2, 0) is 6.61 Å². The van der Waals surface area contributed by atoms with E-state index in [1.807, 2.05) is 43.3 Å². The highest BCUT2D eigenvalue weighted by atomic mass is 35.5. The first kappa shape index (κ1) is 20.4. The van der Waals surface area contributed by atoms with Crippen LogP contribution in [0.1, 0.15) is 27.0 Å². The fourth-order valence-electron chi connectivity index (χ4n) is 2.72. The molecule has 6 heteroatoms. The molecule has 3 aromatic carbocycles. The molecule has 29 heavy (non-hydrogen) atoms.